The molecule has 124 valence electrons. The number of rotatable bonds is 5. The summed E-state index contributed by atoms with van der Waals surface area (Å²) in [5.74, 6) is 0.961. The van der Waals surface area contributed by atoms with Crippen molar-refractivity contribution >= 4 is 16.9 Å². The van der Waals surface area contributed by atoms with Gasteiger partial charge in [-0.2, -0.15) is 0 Å². The quantitative estimate of drug-likeness (QED) is 0.759. The minimum atomic E-state index is 0.414. The SMILES string of the molecule is CCC(CC)n1ccc2c(NC3Cc4ccccc4C3)ncnc21. The first-order valence-corrected chi connectivity index (χ1v) is 8.95. The lowest BCUT2D eigenvalue weighted by atomic mass is 10.1. The molecule has 2 heterocycles. The third kappa shape index (κ3) is 2.56. The molecule has 4 rings (SSSR count). The van der Waals surface area contributed by atoms with Crippen molar-refractivity contribution in [2.45, 2.75) is 51.6 Å². The lowest BCUT2D eigenvalue weighted by Gasteiger charge is -2.16. The van der Waals surface area contributed by atoms with Crippen LogP contribution in [-0.4, -0.2) is 20.6 Å². The fourth-order valence-electron chi connectivity index (χ4n) is 3.92. The Morgan fingerprint density at radius 1 is 1.08 bits per heavy atom. The average Bonchev–Trinajstić information content (AvgIpc) is 3.20. The first kappa shape index (κ1) is 15.2. The number of benzene rings is 1. The summed E-state index contributed by atoms with van der Waals surface area (Å²) in [5, 5.41) is 4.78. The van der Waals surface area contributed by atoms with Gasteiger partial charge in [-0.1, -0.05) is 38.1 Å². The molecule has 0 amide bonds. The second kappa shape index (κ2) is 6.27. The molecule has 2 aromatic heterocycles. The van der Waals surface area contributed by atoms with Crippen molar-refractivity contribution in [2.24, 2.45) is 0 Å². The number of nitrogens with one attached hydrogen (secondary N) is 1. The zero-order valence-electron chi connectivity index (χ0n) is 14.4. The van der Waals surface area contributed by atoms with E-state index in [0.717, 1.165) is 42.5 Å². The van der Waals surface area contributed by atoms with E-state index >= 15 is 0 Å². The van der Waals surface area contributed by atoms with Gasteiger partial charge in [-0.15, -0.1) is 0 Å². The van der Waals surface area contributed by atoms with Crippen molar-refractivity contribution in [3.05, 3.63) is 54.0 Å². The number of anilines is 1. The Bertz CT molecular complexity index is 823. The van der Waals surface area contributed by atoms with Crippen LogP contribution in [0.1, 0.15) is 43.9 Å². The largest absolute Gasteiger partial charge is 0.366 e. The fourth-order valence-corrected chi connectivity index (χ4v) is 3.92. The molecule has 4 heteroatoms. The number of fused-ring (bicyclic) bond motifs is 2. The highest BCUT2D eigenvalue weighted by atomic mass is 15.1. The van der Waals surface area contributed by atoms with E-state index in [1.54, 1.807) is 6.33 Å². The molecule has 0 aliphatic heterocycles. The molecule has 3 aromatic rings. The zero-order valence-corrected chi connectivity index (χ0v) is 14.4. The highest BCUT2D eigenvalue weighted by molar-refractivity contribution is 5.87. The van der Waals surface area contributed by atoms with Crippen LogP contribution in [0, 0.1) is 0 Å². The molecule has 0 unspecified atom stereocenters. The van der Waals surface area contributed by atoms with Crippen LogP contribution in [0.5, 0.6) is 0 Å². The molecular weight excluding hydrogens is 296 g/mol. The molecule has 1 aliphatic rings. The summed E-state index contributed by atoms with van der Waals surface area (Å²) >= 11 is 0. The van der Waals surface area contributed by atoms with E-state index in [1.165, 1.54) is 11.1 Å². The summed E-state index contributed by atoms with van der Waals surface area (Å²) in [6, 6.07) is 11.8. The second-order valence-electron chi connectivity index (χ2n) is 6.67. The monoisotopic (exact) mass is 320 g/mol. The summed E-state index contributed by atoms with van der Waals surface area (Å²) in [6.45, 7) is 4.46. The summed E-state index contributed by atoms with van der Waals surface area (Å²) < 4.78 is 2.30. The minimum absolute atomic E-state index is 0.414. The third-order valence-electron chi connectivity index (χ3n) is 5.24. The fraction of sp³-hybridized carbons (Fsp3) is 0.400. The Morgan fingerprint density at radius 2 is 1.79 bits per heavy atom. The van der Waals surface area contributed by atoms with Crippen molar-refractivity contribution in [1.82, 2.24) is 14.5 Å². The van der Waals surface area contributed by atoms with Gasteiger partial charge in [-0.3, -0.25) is 0 Å². The molecular formula is C20H24N4. The molecule has 0 saturated heterocycles. The van der Waals surface area contributed by atoms with Gasteiger partial charge in [-0.25, -0.2) is 9.97 Å². The third-order valence-corrected chi connectivity index (χ3v) is 5.24. The van der Waals surface area contributed by atoms with Gasteiger partial charge >= 0.3 is 0 Å². The van der Waals surface area contributed by atoms with Crippen LogP contribution < -0.4 is 5.32 Å². The molecule has 4 nitrogen and oxygen atoms in total. The van der Waals surface area contributed by atoms with E-state index in [0.29, 0.717) is 12.1 Å². The average molecular weight is 320 g/mol. The number of hydrogen-bond acceptors (Lipinski definition) is 3. The van der Waals surface area contributed by atoms with E-state index in [2.05, 4.69) is 70.2 Å². The van der Waals surface area contributed by atoms with Crippen LogP contribution in [0.3, 0.4) is 0 Å². The topological polar surface area (TPSA) is 42.7 Å². The lowest BCUT2D eigenvalue weighted by molar-refractivity contribution is 0.483. The van der Waals surface area contributed by atoms with E-state index in [9.17, 15) is 0 Å². The Hall–Kier alpha value is -2.36. The summed E-state index contributed by atoms with van der Waals surface area (Å²) in [6.07, 6.45) is 8.21. The highest BCUT2D eigenvalue weighted by Gasteiger charge is 2.22. The van der Waals surface area contributed by atoms with Gasteiger partial charge in [0.05, 0.1) is 5.39 Å². The maximum Gasteiger partial charge on any atom is 0.145 e. The maximum atomic E-state index is 4.54. The molecule has 1 N–H and O–H groups in total. The smallest absolute Gasteiger partial charge is 0.145 e. The maximum absolute atomic E-state index is 4.54. The van der Waals surface area contributed by atoms with Gasteiger partial charge in [0.25, 0.3) is 0 Å². The van der Waals surface area contributed by atoms with Crippen molar-refractivity contribution in [3.63, 3.8) is 0 Å². The summed E-state index contributed by atoms with van der Waals surface area (Å²) in [4.78, 5) is 9.07. The van der Waals surface area contributed by atoms with Gasteiger partial charge in [0.2, 0.25) is 0 Å². The molecule has 0 bridgehead atoms. The number of nitrogens with zero attached hydrogens (tertiary/aromatic N) is 3. The Labute approximate surface area is 142 Å². The predicted octanol–water partition coefficient (Wildman–Crippen LogP) is 4.37. The van der Waals surface area contributed by atoms with Crippen molar-refractivity contribution in [1.29, 1.82) is 0 Å². The Balaban J connectivity index is 1.62. The van der Waals surface area contributed by atoms with E-state index in [4.69, 9.17) is 0 Å². The van der Waals surface area contributed by atoms with Crippen LogP contribution in [0.2, 0.25) is 0 Å². The molecule has 0 radical (unpaired) electrons. The van der Waals surface area contributed by atoms with Crippen molar-refractivity contribution in [3.8, 4) is 0 Å². The summed E-state index contributed by atoms with van der Waals surface area (Å²) in [7, 11) is 0. The zero-order chi connectivity index (χ0) is 16.5. The molecule has 1 aromatic carbocycles. The molecule has 0 atom stereocenters. The molecule has 0 spiro atoms. The van der Waals surface area contributed by atoms with Crippen LogP contribution in [0.4, 0.5) is 5.82 Å². The Morgan fingerprint density at radius 3 is 2.46 bits per heavy atom. The first-order valence-electron chi connectivity index (χ1n) is 8.95. The van der Waals surface area contributed by atoms with Crippen molar-refractivity contribution in [2.75, 3.05) is 5.32 Å². The normalized spacial score (nSPS) is 14.5. The van der Waals surface area contributed by atoms with Gasteiger partial charge in [0.15, 0.2) is 0 Å². The van der Waals surface area contributed by atoms with E-state index < -0.39 is 0 Å². The van der Waals surface area contributed by atoms with E-state index in [-0.39, 0.29) is 0 Å². The predicted molar refractivity (Wildman–Crippen MR) is 98.4 cm³/mol. The molecule has 0 fully saturated rings. The van der Waals surface area contributed by atoms with Gasteiger partial charge in [0, 0.05) is 18.3 Å². The molecule has 24 heavy (non-hydrogen) atoms. The second-order valence-corrected chi connectivity index (χ2v) is 6.67. The van der Waals surface area contributed by atoms with Crippen LogP contribution in [0.25, 0.3) is 11.0 Å². The van der Waals surface area contributed by atoms with Gasteiger partial charge in [0.1, 0.15) is 17.8 Å². The molecule has 0 saturated carbocycles. The number of aromatic nitrogens is 3. The van der Waals surface area contributed by atoms with Crippen LogP contribution in [0.15, 0.2) is 42.9 Å². The van der Waals surface area contributed by atoms with Crippen molar-refractivity contribution < 1.29 is 0 Å². The van der Waals surface area contributed by atoms with Crippen LogP contribution >= 0.6 is 0 Å². The van der Waals surface area contributed by atoms with Crippen LogP contribution in [-0.2, 0) is 12.8 Å². The van der Waals surface area contributed by atoms with E-state index in [1.807, 2.05) is 0 Å². The molecule has 1 aliphatic carbocycles. The Kier molecular flexibility index (Phi) is 3.97. The lowest BCUT2D eigenvalue weighted by Crippen LogP contribution is -2.20. The van der Waals surface area contributed by atoms with Gasteiger partial charge < -0.3 is 9.88 Å². The van der Waals surface area contributed by atoms with Gasteiger partial charge in [-0.05, 0) is 42.9 Å². The minimum Gasteiger partial charge on any atom is -0.366 e. The standard InChI is InChI=1S/C20H24N4/c1-3-17(4-2)24-10-9-18-19(21-13-22-20(18)24)23-16-11-14-7-5-6-8-15(14)12-16/h5-10,13,16-17H,3-4,11-12H2,1-2H3,(H,21,22,23). The summed E-state index contributed by atoms with van der Waals surface area (Å²) in [5.41, 5.74) is 3.95. The number of hydrogen-bond donors (Lipinski definition) is 1. The highest BCUT2D eigenvalue weighted by Crippen LogP contribution is 2.29. The first-order chi connectivity index (χ1) is 11.8.